The van der Waals surface area contributed by atoms with E-state index in [0.29, 0.717) is 25.7 Å². The average Bonchev–Trinajstić information content (AvgIpc) is 3.35. The highest BCUT2D eigenvalue weighted by atomic mass is 127. The van der Waals surface area contributed by atoms with Crippen LogP contribution in [0.3, 0.4) is 0 Å². The molecule has 1 aliphatic rings. The molecule has 1 aromatic rings. The first-order valence-electron chi connectivity index (χ1n) is 9.31. The van der Waals surface area contributed by atoms with E-state index in [1.807, 2.05) is 31.2 Å². The second kappa shape index (κ2) is 11.8. The molecule has 1 saturated carbocycles. The van der Waals surface area contributed by atoms with E-state index >= 15 is 0 Å². The highest BCUT2D eigenvalue weighted by Crippen LogP contribution is 2.46. The summed E-state index contributed by atoms with van der Waals surface area (Å²) in [5.74, 6) is 1.63. The van der Waals surface area contributed by atoms with Crippen molar-refractivity contribution < 1.29 is 17.9 Å². The van der Waals surface area contributed by atoms with Crippen molar-refractivity contribution in [2.45, 2.75) is 26.2 Å². The normalized spacial score (nSPS) is 15.5. The van der Waals surface area contributed by atoms with E-state index in [9.17, 15) is 8.42 Å². The number of ether oxygens (including phenoxy) is 2. The minimum absolute atomic E-state index is 0. The largest absolute Gasteiger partial charge is 0.493 e. The first-order chi connectivity index (χ1) is 12.9. The highest BCUT2D eigenvalue weighted by molar-refractivity contribution is 14.0. The van der Waals surface area contributed by atoms with Crippen molar-refractivity contribution in [1.29, 1.82) is 0 Å². The van der Waals surface area contributed by atoms with E-state index in [4.69, 9.17) is 9.47 Å². The Morgan fingerprint density at radius 1 is 1.29 bits per heavy atom. The topological polar surface area (TPSA) is 89.0 Å². The van der Waals surface area contributed by atoms with E-state index in [-0.39, 0.29) is 35.1 Å². The first kappa shape index (κ1) is 25.0. The molecule has 0 atom stereocenters. The fourth-order valence-electron chi connectivity index (χ4n) is 2.83. The molecule has 0 amide bonds. The number of nitrogens with one attached hydrogen (secondary N) is 2. The zero-order valence-electron chi connectivity index (χ0n) is 16.9. The summed E-state index contributed by atoms with van der Waals surface area (Å²) in [5, 5.41) is 6.48. The summed E-state index contributed by atoms with van der Waals surface area (Å²) in [6.45, 7) is 4.49. The van der Waals surface area contributed by atoms with Crippen LogP contribution in [0.5, 0.6) is 5.75 Å². The summed E-state index contributed by atoms with van der Waals surface area (Å²) in [6.07, 6.45) is 3.95. The molecular formula is C19H32IN3O4S. The van der Waals surface area contributed by atoms with Crippen molar-refractivity contribution in [1.82, 2.24) is 5.32 Å². The van der Waals surface area contributed by atoms with Crippen LogP contribution in [0, 0.1) is 5.41 Å². The summed E-state index contributed by atoms with van der Waals surface area (Å²) >= 11 is 0. The zero-order valence-corrected chi connectivity index (χ0v) is 20.0. The second-order valence-electron chi connectivity index (χ2n) is 7.11. The molecule has 0 heterocycles. The van der Waals surface area contributed by atoms with Gasteiger partial charge in [0.1, 0.15) is 15.6 Å². The molecule has 0 bridgehead atoms. The molecule has 1 aromatic carbocycles. The predicted molar refractivity (Wildman–Crippen MR) is 125 cm³/mol. The molecule has 0 radical (unpaired) electrons. The van der Waals surface area contributed by atoms with E-state index < -0.39 is 9.84 Å². The molecule has 1 fully saturated rings. The number of hydrogen-bond donors (Lipinski definition) is 2. The first-order valence-corrected chi connectivity index (χ1v) is 11.4. The molecule has 2 rings (SSSR count). The van der Waals surface area contributed by atoms with Crippen LogP contribution in [0.1, 0.15) is 26.2 Å². The fraction of sp³-hybridized carbons (Fsp3) is 0.632. The summed E-state index contributed by atoms with van der Waals surface area (Å²) < 4.78 is 34.0. The van der Waals surface area contributed by atoms with Crippen LogP contribution >= 0.6 is 24.0 Å². The van der Waals surface area contributed by atoms with Gasteiger partial charge >= 0.3 is 0 Å². The van der Waals surface area contributed by atoms with Gasteiger partial charge in [-0.15, -0.1) is 24.0 Å². The van der Waals surface area contributed by atoms with Crippen molar-refractivity contribution in [3.63, 3.8) is 0 Å². The summed E-state index contributed by atoms with van der Waals surface area (Å²) in [4.78, 5) is 4.62. The molecule has 2 N–H and O–H groups in total. The van der Waals surface area contributed by atoms with Gasteiger partial charge in [-0.3, -0.25) is 4.99 Å². The molecule has 0 unspecified atom stereocenters. The Morgan fingerprint density at radius 2 is 2.04 bits per heavy atom. The Morgan fingerprint density at radius 3 is 2.64 bits per heavy atom. The van der Waals surface area contributed by atoms with Gasteiger partial charge in [0.25, 0.3) is 0 Å². The van der Waals surface area contributed by atoms with E-state index in [0.717, 1.165) is 37.2 Å². The van der Waals surface area contributed by atoms with Crippen LogP contribution in [0.4, 0.5) is 5.69 Å². The summed E-state index contributed by atoms with van der Waals surface area (Å²) in [5.41, 5.74) is 0.675. The number of benzene rings is 1. The molecule has 0 aromatic heterocycles. The lowest BCUT2D eigenvalue weighted by Crippen LogP contribution is -2.32. The van der Waals surface area contributed by atoms with Crippen molar-refractivity contribution in [3.8, 4) is 5.75 Å². The number of aliphatic imine (C=N–C) groups is 1. The third-order valence-electron chi connectivity index (χ3n) is 4.30. The van der Waals surface area contributed by atoms with Gasteiger partial charge < -0.3 is 20.1 Å². The van der Waals surface area contributed by atoms with E-state index in [1.54, 1.807) is 7.11 Å². The van der Waals surface area contributed by atoms with E-state index in [2.05, 4.69) is 15.6 Å². The van der Waals surface area contributed by atoms with Gasteiger partial charge in [0.2, 0.25) is 0 Å². The van der Waals surface area contributed by atoms with Gasteiger partial charge in [-0.05, 0) is 31.9 Å². The van der Waals surface area contributed by atoms with Crippen molar-refractivity contribution >= 4 is 45.5 Å². The van der Waals surface area contributed by atoms with Gasteiger partial charge in [-0.1, -0.05) is 6.07 Å². The predicted octanol–water partition coefficient (Wildman–Crippen LogP) is 2.92. The van der Waals surface area contributed by atoms with Gasteiger partial charge in [0, 0.05) is 56.7 Å². The SMILES string of the molecule is CCNC(=NCC1(CS(C)(=O)=O)CC1)Nc1cccc(OCCCOC)c1.I. The number of nitrogens with zero attached hydrogens (tertiary/aromatic N) is 1. The van der Waals surface area contributed by atoms with Crippen LogP contribution in [-0.4, -0.2) is 59.8 Å². The van der Waals surface area contributed by atoms with E-state index in [1.165, 1.54) is 6.26 Å². The fourth-order valence-corrected chi connectivity index (χ4v) is 4.32. The smallest absolute Gasteiger partial charge is 0.195 e. The third kappa shape index (κ3) is 9.42. The van der Waals surface area contributed by atoms with Gasteiger partial charge in [0.15, 0.2) is 5.96 Å². The van der Waals surface area contributed by atoms with Gasteiger partial charge in [0.05, 0.1) is 12.4 Å². The Kier molecular flexibility index (Phi) is 10.5. The molecule has 0 aliphatic heterocycles. The van der Waals surface area contributed by atoms with Crippen molar-refractivity contribution in [2.75, 3.05) is 50.7 Å². The maximum atomic E-state index is 11.6. The maximum Gasteiger partial charge on any atom is 0.195 e. The summed E-state index contributed by atoms with van der Waals surface area (Å²) in [6, 6.07) is 7.69. The Labute approximate surface area is 185 Å². The molecule has 1 aliphatic carbocycles. The highest BCUT2D eigenvalue weighted by Gasteiger charge is 2.45. The molecule has 0 spiro atoms. The number of hydrogen-bond acceptors (Lipinski definition) is 5. The number of rotatable bonds is 11. The second-order valence-corrected chi connectivity index (χ2v) is 9.25. The van der Waals surface area contributed by atoms with Gasteiger partial charge in [-0.25, -0.2) is 8.42 Å². The number of sulfone groups is 1. The van der Waals surface area contributed by atoms with Crippen LogP contribution in [0.15, 0.2) is 29.3 Å². The Bertz CT molecular complexity index is 736. The maximum absolute atomic E-state index is 11.6. The quantitative estimate of drug-likeness (QED) is 0.200. The number of methoxy groups -OCH3 is 1. The minimum atomic E-state index is -2.99. The molecule has 160 valence electrons. The third-order valence-corrected chi connectivity index (χ3v) is 5.44. The van der Waals surface area contributed by atoms with Gasteiger partial charge in [-0.2, -0.15) is 0 Å². The van der Waals surface area contributed by atoms with Crippen molar-refractivity contribution in [2.24, 2.45) is 10.4 Å². The molecular weight excluding hydrogens is 493 g/mol. The monoisotopic (exact) mass is 525 g/mol. The minimum Gasteiger partial charge on any atom is -0.493 e. The lowest BCUT2D eigenvalue weighted by Gasteiger charge is -2.15. The number of halogens is 1. The molecule has 7 nitrogen and oxygen atoms in total. The van der Waals surface area contributed by atoms with Crippen LogP contribution in [0.25, 0.3) is 0 Å². The lowest BCUT2D eigenvalue weighted by atomic mass is 10.1. The average molecular weight is 525 g/mol. The van der Waals surface area contributed by atoms with Crippen molar-refractivity contribution in [3.05, 3.63) is 24.3 Å². The Hall–Kier alpha value is -1.07. The molecule has 28 heavy (non-hydrogen) atoms. The lowest BCUT2D eigenvalue weighted by molar-refractivity contribution is 0.172. The van der Waals surface area contributed by atoms with Crippen LogP contribution < -0.4 is 15.4 Å². The number of anilines is 1. The zero-order chi connectivity index (χ0) is 19.8. The number of guanidine groups is 1. The van der Waals surface area contributed by atoms with Crippen LogP contribution in [0.2, 0.25) is 0 Å². The molecule has 9 heteroatoms. The Balaban J connectivity index is 0.00000392. The van der Waals surface area contributed by atoms with Crippen LogP contribution in [-0.2, 0) is 14.6 Å². The molecule has 0 saturated heterocycles. The standard InChI is InChI=1S/C19H31N3O4S.HI/c1-4-20-18(21-14-19(9-10-19)15-27(3,23)24)22-16-7-5-8-17(13-16)26-12-6-11-25-2;/h5,7-8,13H,4,6,9-12,14-15H2,1-3H3,(H2,20,21,22);1H. The summed E-state index contributed by atoms with van der Waals surface area (Å²) in [7, 11) is -1.32.